The molecule has 0 amide bonds. The summed E-state index contributed by atoms with van der Waals surface area (Å²) in [5, 5.41) is 0.306. The molecule has 0 saturated carbocycles. The number of hydrogen-bond donors (Lipinski definition) is 1. The van der Waals surface area contributed by atoms with Crippen molar-refractivity contribution >= 4 is 17.3 Å². The molecule has 1 aromatic carbocycles. The molecule has 4 nitrogen and oxygen atoms in total. The van der Waals surface area contributed by atoms with E-state index >= 15 is 0 Å². The molecular weight excluding hydrogens is 240 g/mol. The van der Waals surface area contributed by atoms with Crippen LogP contribution < -0.4 is 15.2 Å². The van der Waals surface area contributed by atoms with Gasteiger partial charge in [-0.25, -0.2) is 4.98 Å². The third-order valence-electron chi connectivity index (χ3n) is 2.55. The van der Waals surface area contributed by atoms with E-state index in [1.807, 2.05) is 24.3 Å². The predicted octanol–water partition coefficient (Wildman–Crippen LogP) is 2.71. The lowest BCUT2D eigenvalue weighted by atomic mass is 10.1. The van der Waals surface area contributed by atoms with Gasteiger partial charge in [0.2, 0.25) is 6.79 Å². The van der Waals surface area contributed by atoms with Crippen LogP contribution in [0.4, 0.5) is 5.69 Å². The molecule has 0 bridgehead atoms. The number of nitrogen functional groups attached to an aromatic ring is 1. The van der Waals surface area contributed by atoms with Crippen LogP contribution in [0.15, 0.2) is 30.3 Å². The molecule has 3 rings (SSSR count). The van der Waals surface area contributed by atoms with E-state index in [-0.39, 0.29) is 6.79 Å². The van der Waals surface area contributed by atoms with Gasteiger partial charge in [-0.1, -0.05) is 11.6 Å². The summed E-state index contributed by atoms with van der Waals surface area (Å²) in [6.07, 6.45) is 0. The molecule has 0 fully saturated rings. The lowest BCUT2D eigenvalue weighted by Crippen LogP contribution is -1.93. The van der Waals surface area contributed by atoms with Crippen molar-refractivity contribution in [3.8, 4) is 22.8 Å². The van der Waals surface area contributed by atoms with Crippen molar-refractivity contribution in [1.82, 2.24) is 4.98 Å². The highest BCUT2D eigenvalue weighted by Crippen LogP contribution is 2.35. The number of anilines is 1. The molecule has 2 aromatic rings. The molecule has 1 aromatic heterocycles. The fourth-order valence-corrected chi connectivity index (χ4v) is 1.82. The fourth-order valence-electron chi connectivity index (χ4n) is 1.66. The molecule has 1 aliphatic rings. The van der Waals surface area contributed by atoms with Crippen LogP contribution in [0, 0.1) is 0 Å². The number of benzene rings is 1. The smallest absolute Gasteiger partial charge is 0.231 e. The second kappa shape index (κ2) is 3.82. The Kier molecular flexibility index (Phi) is 2.30. The van der Waals surface area contributed by atoms with E-state index < -0.39 is 0 Å². The second-order valence-electron chi connectivity index (χ2n) is 3.64. The molecule has 2 N–H and O–H groups in total. The van der Waals surface area contributed by atoms with Crippen molar-refractivity contribution in [3.63, 3.8) is 0 Å². The van der Waals surface area contributed by atoms with E-state index in [0.29, 0.717) is 10.8 Å². The van der Waals surface area contributed by atoms with Gasteiger partial charge in [0.25, 0.3) is 0 Å². The highest BCUT2D eigenvalue weighted by Gasteiger charge is 2.14. The maximum absolute atomic E-state index is 5.89. The Balaban J connectivity index is 2.06. The van der Waals surface area contributed by atoms with Crippen molar-refractivity contribution in [2.24, 2.45) is 0 Å². The molecule has 0 aliphatic carbocycles. The lowest BCUT2D eigenvalue weighted by Gasteiger charge is -2.04. The van der Waals surface area contributed by atoms with Crippen LogP contribution in [0.1, 0.15) is 0 Å². The predicted molar refractivity (Wildman–Crippen MR) is 65.2 cm³/mol. The number of halogens is 1. The van der Waals surface area contributed by atoms with Gasteiger partial charge in [0.15, 0.2) is 16.7 Å². The molecule has 0 radical (unpaired) electrons. The van der Waals surface area contributed by atoms with Gasteiger partial charge in [0.05, 0.1) is 11.4 Å². The molecule has 1 aliphatic heterocycles. The van der Waals surface area contributed by atoms with Gasteiger partial charge in [-0.3, -0.25) is 0 Å². The lowest BCUT2D eigenvalue weighted by molar-refractivity contribution is 0.174. The molecular formula is C12H9ClN2O2. The van der Waals surface area contributed by atoms with E-state index in [1.165, 1.54) is 0 Å². The first-order valence-corrected chi connectivity index (χ1v) is 5.44. The number of fused-ring (bicyclic) bond motifs is 1. The molecule has 0 unspecified atom stereocenters. The largest absolute Gasteiger partial charge is 0.454 e. The number of ether oxygens (including phenoxy) is 2. The van der Waals surface area contributed by atoms with Crippen molar-refractivity contribution in [2.75, 3.05) is 12.5 Å². The molecule has 86 valence electrons. The van der Waals surface area contributed by atoms with Crippen molar-refractivity contribution < 1.29 is 9.47 Å². The zero-order valence-electron chi connectivity index (χ0n) is 8.81. The second-order valence-corrected chi connectivity index (χ2v) is 4.00. The summed E-state index contributed by atoms with van der Waals surface area (Å²) in [6, 6.07) is 9.18. The summed E-state index contributed by atoms with van der Waals surface area (Å²) >= 11 is 5.89. The normalized spacial score (nSPS) is 12.8. The Morgan fingerprint density at radius 2 is 1.94 bits per heavy atom. The van der Waals surface area contributed by atoms with E-state index in [4.69, 9.17) is 26.8 Å². The first kappa shape index (κ1) is 10.2. The minimum Gasteiger partial charge on any atom is -0.454 e. The minimum absolute atomic E-state index is 0.259. The van der Waals surface area contributed by atoms with Gasteiger partial charge in [0, 0.05) is 5.56 Å². The van der Waals surface area contributed by atoms with Crippen molar-refractivity contribution in [2.45, 2.75) is 0 Å². The van der Waals surface area contributed by atoms with Crippen LogP contribution in [0.3, 0.4) is 0 Å². The Labute approximate surface area is 103 Å². The van der Waals surface area contributed by atoms with Gasteiger partial charge in [-0.2, -0.15) is 0 Å². The molecule has 0 spiro atoms. The van der Waals surface area contributed by atoms with Crippen LogP contribution in [0.25, 0.3) is 11.3 Å². The molecule has 0 saturated heterocycles. The van der Waals surface area contributed by atoms with Gasteiger partial charge < -0.3 is 15.2 Å². The van der Waals surface area contributed by atoms with Crippen LogP contribution >= 0.6 is 11.6 Å². The zero-order valence-corrected chi connectivity index (χ0v) is 9.57. The average Bonchev–Trinajstić information content (AvgIpc) is 2.79. The highest BCUT2D eigenvalue weighted by molar-refractivity contribution is 6.31. The molecule has 0 atom stereocenters. The van der Waals surface area contributed by atoms with Gasteiger partial charge in [-0.15, -0.1) is 0 Å². The summed E-state index contributed by atoms with van der Waals surface area (Å²) in [7, 11) is 0. The Morgan fingerprint density at radius 1 is 1.12 bits per heavy atom. The monoisotopic (exact) mass is 248 g/mol. The quantitative estimate of drug-likeness (QED) is 0.789. The number of pyridine rings is 1. The van der Waals surface area contributed by atoms with Crippen LogP contribution in [-0.2, 0) is 0 Å². The van der Waals surface area contributed by atoms with E-state index in [1.54, 1.807) is 6.07 Å². The maximum Gasteiger partial charge on any atom is 0.231 e. The summed E-state index contributed by atoms with van der Waals surface area (Å²) in [5.41, 5.74) is 7.75. The first-order chi connectivity index (χ1) is 8.24. The summed E-state index contributed by atoms with van der Waals surface area (Å²) in [5.74, 6) is 1.47. The number of rotatable bonds is 1. The number of nitrogens with zero attached hydrogens (tertiary/aromatic N) is 1. The first-order valence-electron chi connectivity index (χ1n) is 5.06. The number of aromatic nitrogens is 1. The van der Waals surface area contributed by atoms with Crippen molar-refractivity contribution in [1.29, 1.82) is 0 Å². The Hall–Kier alpha value is -1.94. The minimum atomic E-state index is 0.259. The van der Waals surface area contributed by atoms with Crippen LogP contribution in [0.2, 0.25) is 5.15 Å². The van der Waals surface area contributed by atoms with Crippen LogP contribution in [0.5, 0.6) is 11.5 Å². The standard InChI is InChI=1S/C12H9ClN2O2/c13-12-8(14)2-3-9(15-12)7-1-4-10-11(5-7)17-6-16-10/h1-5H,6,14H2. The van der Waals surface area contributed by atoms with E-state index in [2.05, 4.69) is 4.98 Å². The topological polar surface area (TPSA) is 57.4 Å². The summed E-state index contributed by atoms with van der Waals surface area (Å²) in [4.78, 5) is 4.21. The zero-order chi connectivity index (χ0) is 11.8. The van der Waals surface area contributed by atoms with E-state index in [9.17, 15) is 0 Å². The number of hydrogen-bond acceptors (Lipinski definition) is 4. The third-order valence-corrected chi connectivity index (χ3v) is 2.85. The average molecular weight is 249 g/mol. The van der Waals surface area contributed by atoms with Gasteiger partial charge >= 0.3 is 0 Å². The molecule has 2 heterocycles. The third kappa shape index (κ3) is 1.76. The maximum atomic E-state index is 5.89. The molecule has 5 heteroatoms. The van der Waals surface area contributed by atoms with Gasteiger partial charge in [-0.05, 0) is 30.3 Å². The fraction of sp³-hybridized carbons (Fsp3) is 0.0833. The summed E-state index contributed by atoms with van der Waals surface area (Å²) < 4.78 is 10.6. The van der Waals surface area contributed by atoms with Crippen LogP contribution in [-0.4, -0.2) is 11.8 Å². The SMILES string of the molecule is Nc1ccc(-c2ccc3c(c2)OCO3)nc1Cl. The summed E-state index contributed by atoms with van der Waals surface area (Å²) in [6.45, 7) is 0.259. The van der Waals surface area contributed by atoms with Crippen molar-refractivity contribution in [3.05, 3.63) is 35.5 Å². The molecule has 17 heavy (non-hydrogen) atoms. The van der Waals surface area contributed by atoms with E-state index in [0.717, 1.165) is 22.8 Å². The highest BCUT2D eigenvalue weighted by atomic mass is 35.5. The van der Waals surface area contributed by atoms with Gasteiger partial charge in [0.1, 0.15) is 0 Å². The Bertz CT molecular complexity index is 587. The number of nitrogens with two attached hydrogens (primary N) is 1. The Morgan fingerprint density at radius 3 is 2.76 bits per heavy atom.